The molecule has 0 saturated carbocycles. The first-order valence-corrected chi connectivity index (χ1v) is 5.71. The SMILES string of the molecule is O=C(O)C(O)C(O)C(=O)O.c1cc[nH]c1.c1ccncc1. The highest BCUT2D eigenvalue weighted by Crippen LogP contribution is 1.92. The summed E-state index contributed by atoms with van der Waals surface area (Å²) in [7, 11) is 0. The van der Waals surface area contributed by atoms with Crippen molar-refractivity contribution in [3.63, 3.8) is 0 Å². The molecule has 0 aliphatic carbocycles. The van der Waals surface area contributed by atoms with Crippen molar-refractivity contribution >= 4 is 11.9 Å². The lowest BCUT2D eigenvalue weighted by Crippen LogP contribution is -2.39. The molecule has 2 rings (SSSR count). The van der Waals surface area contributed by atoms with Crippen LogP contribution in [0.2, 0.25) is 0 Å². The molecular formula is C13H16N2O6. The molecule has 2 aromatic heterocycles. The molecular weight excluding hydrogens is 280 g/mol. The molecule has 0 bridgehead atoms. The lowest BCUT2D eigenvalue weighted by molar-refractivity contribution is -0.165. The van der Waals surface area contributed by atoms with Gasteiger partial charge in [-0.25, -0.2) is 9.59 Å². The first kappa shape index (κ1) is 18.3. The topological polar surface area (TPSA) is 144 Å². The fraction of sp³-hybridized carbons (Fsp3) is 0.154. The van der Waals surface area contributed by atoms with Crippen molar-refractivity contribution in [1.82, 2.24) is 9.97 Å². The van der Waals surface area contributed by atoms with E-state index < -0.39 is 24.1 Å². The fourth-order valence-electron chi connectivity index (χ4n) is 0.860. The standard InChI is InChI=1S/C5H5N.C4H5N.C4H6O6/c1-2-4-6-5-3-1;1-2-4-5-3-1;5-1(3(7)8)2(6)4(9)10/h1-5H;1-5H;1-2,5-6H,(H,7,8)(H,9,10). The average Bonchev–Trinajstić information content (AvgIpc) is 3.07. The largest absolute Gasteiger partial charge is 0.479 e. The second-order valence-corrected chi connectivity index (χ2v) is 3.48. The molecule has 0 amide bonds. The van der Waals surface area contributed by atoms with Gasteiger partial charge in [-0.15, -0.1) is 0 Å². The van der Waals surface area contributed by atoms with Gasteiger partial charge in [-0.1, -0.05) is 6.07 Å². The van der Waals surface area contributed by atoms with Gasteiger partial charge >= 0.3 is 11.9 Å². The zero-order valence-corrected chi connectivity index (χ0v) is 10.9. The number of carboxylic acids is 2. The number of rotatable bonds is 3. The lowest BCUT2D eigenvalue weighted by atomic mass is 10.2. The Morgan fingerprint density at radius 2 is 1.24 bits per heavy atom. The van der Waals surface area contributed by atoms with E-state index in [1.807, 2.05) is 42.7 Å². The third kappa shape index (κ3) is 9.82. The van der Waals surface area contributed by atoms with E-state index in [9.17, 15) is 9.59 Å². The van der Waals surface area contributed by atoms with Crippen LogP contribution in [0.4, 0.5) is 0 Å². The zero-order valence-electron chi connectivity index (χ0n) is 10.9. The van der Waals surface area contributed by atoms with E-state index in [1.54, 1.807) is 12.4 Å². The highest BCUT2D eigenvalue weighted by atomic mass is 16.4. The number of hydrogen-bond donors (Lipinski definition) is 5. The number of aromatic amines is 1. The molecule has 0 aromatic carbocycles. The van der Waals surface area contributed by atoms with E-state index in [0.717, 1.165) is 0 Å². The van der Waals surface area contributed by atoms with Crippen LogP contribution in [0.3, 0.4) is 0 Å². The number of H-pyrrole nitrogens is 1. The van der Waals surface area contributed by atoms with Crippen LogP contribution in [-0.4, -0.2) is 54.5 Å². The number of pyridine rings is 1. The summed E-state index contributed by atoms with van der Waals surface area (Å²) in [5, 5.41) is 32.5. The number of hydrogen-bond acceptors (Lipinski definition) is 5. The minimum atomic E-state index is -2.27. The number of carboxylic acid groups (broad SMARTS) is 2. The summed E-state index contributed by atoms with van der Waals surface area (Å²) in [4.78, 5) is 26.2. The Balaban J connectivity index is 0.000000306. The number of aromatic nitrogens is 2. The number of aliphatic hydroxyl groups excluding tert-OH is 2. The van der Waals surface area contributed by atoms with Gasteiger partial charge in [0.1, 0.15) is 0 Å². The van der Waals surface area contributed by atoms with E-state index in [4.69, 9.17) is 20.4 Å². The van der Waals surface area contributed by atoms with Crippen LogP contribution in [0.1, 0.15) is 0 Å². The Kier molecular flexibility index (Phi) is 9.71. The smallest absolute Gasteiger partial charge is 0.335 e. The molecule has 8 heteroatoms. The van der Waals surface area contributed by atoms with Crippen molar-refractivity contribution in [2.24, 2.45) is 0 Å². The first-order valence-electron chi connectivity index (χ1n) is 5.71. The predicted molar refractivity (Wildman–Crippen MR) is 72.3 cm³/mol. The summed E-state index contributed by atoms with van der Waals surface area (Å²) in [5.41, 5.74) is 0. The van der Waals surface area contributed by atoms with Gasteiger partial charge in [-0.2, -0.15) is 0 Å². The summed E-state index contributed by atoms with van der Waals surface area (Å²) in [6, 6.07) is 9.60. The molecule has 0 radical (unpaired) electrons. The summed E-state index contributed by atoms with van der Waals surface area (Å²) < 4.78 is 0. The number of nitrogens with one attached hydrogen (secondary N) is 1. The monoisotopic (exact) mass is 296 g/mol. The zero-order chi connectivity index (χ0) is 16.1. The molecule has 0 saturated heterocycles. The van der Waals surface area contributed by atoms with Gasteiger partial charge < -0.3 is 25.4 Å². The summed E-state index contributed by atoms with van der Waals surface area (Å²) in [6.45, 7) is 0. The fourth-order valence-corrected chi connectivity index (χ4v) is 0.860. The highest BCUT2D eigenvalue weighted by Gasteiger charge is 2.29. The van der Waals surface area contributed by atoms with Crippen molar-refractivity contribution in [2.75, 3.05) is 0 Å². The third-order valence-electron chi connectivity index (χ3n) is 1.87. The van der Waals surface area contributed by atoms with E-state index in [0.29, 0.717) is 0 Å². The van der Waals surface area contributed by atoms with Gasteiger partial charge in [0, 0.05) is 24.8 Å². The first-order chi connectivity index (χ1) is 9.96. The minimum absolute atomic E-state index is 1.75. The Morgan fingerprint density at radius 1 is 0.810 bits per heavy atom. The molecule has 8 nitrogen and oxygen atoms in total. The Morgan fingerprint density at radius 3 is 1.38 bits per heavy atom. The van der Waals surface area contributed by atoms with Crippen LogP contribution in [0, 0.1) is 0 Å². The van der Waals surface area contributed by atoms with Crippen molar-refractivity contribution < 1.29 is 30.0 Å². The van der Waals surface area contributed by atoms with Gasteiger partial charge in [0.15, 0.2) is 12.2 Å². The van der Waals surface area contributed by atoms with E-state index in [2.05, 4.69) is 9.97 Å². The number of carbonyl (C=O) groups is 2. The van der Waals surface area contributed by atoms with Crippen molar-refractivity contribution in [3.05, 3.63) is 55.1 Å². The maximum absolute atomic E-state index is 9.77. The maximum atomic E-state index is 9.77. The minimum Gasteiger partial charge on any atom is -0.479 e. The van der Waals surface area contributed by atoms with Crippen LogP contribution < -0.4 is 0 Å². The lowest BCUT2D eigenvalue weighted by Gasteiger charge is -2.07. The molecule has 2 aromatic rings. The van der Waals surface area contributed by atoms with E-state index in [-0.39, 0.29) is 0 Å². The molecule has 2 atom stereocenters. The molecule has 0 aliphatic rings. The summed E-state index contributed by atoms with van der Waals surface area (Å²) in [6.07, 6.45) is 2.72. The van der Waals surface area contributed by atoms with E-state index in [1.165, 1.54) is 0 Å². The third-order valence-corrected chi connectivity index (χ3v) is 1.87. The number of aliphatic hydroxyl groups is 2. The molecule has 2 heterocycles. The van der Waals surface area contributed by atoms with Crippen LogP contribution in [0.25, 0.3) is 0 Å². The molecule has 21 heavy (non-hydrogen) atoms. The van der Waals surface area contributed by atoms with Crippen LogP contribution >= 0.6 is 0 Å². The molecule has 114 valence electrons. The maximum Gasteiger partial charge on any atom is 0.335 e. The Bertz CT molecular complexity index is 427. The second kappa shape index (κ2) is 11.1. The summed E-state index contributed by atoms with van der Waals surface area (Å²) in [5.74, 6) is -3.54. The quantitative estimate of drug-likeness (QED) is 0.535. The normalized spacial score (nSPS) is 11.7. The Labute approximate surface area is 120 Å². The van der Waals surface area contributed by atoms with Gasteiger partial charge in [-0.3, -0.25) is 4.98 Å². The van der Waals surface area contributed by atoms with Crippen molar-refractivity contribution in [1.29, 1.82) is 0 Å². The molecule has 5 N–H and O–H groups in total. The molecule has 2 unspecified atom stereocenters. The average molecular weight is 296 g/mol. The molecule has 0 aliphatic heterocycles. The number of nitrogens with zero attached hydrogens (tertiary/aromatic N) is 1. The van der Waals surface area contributed by atoms with Gasteiger partial charge in [0.05, 0.1) is 0 Å². The van der Waals surface area contributed by atoms with E-state index >= 15 is 0 Å². The van der Waals surface area contributed by atoms with Crippen LogP contribution in [0.5, 0.6) is 0 Å². The van der Waals surface area contributed by atoms with Crippen LogP contribution in [-0.2, 0) is 9.59 Å². The summed E-state index contributed by atoms with van der Waals surface area (Å²) >= 11 is 0. The van der Waals surface area contributed by atoms with Gasteiger partial charge in [0.2, 0.25) is 0 Å². The van der Waals surface area contributed by atoms with Gasteiger partial charge in [-0.05, 0) is 24.3 Å². The van der Waals surface area contributed by atoms with Crippen molar-refractivity contribution in [2.45, 2.75) is 12.2 Å². The van der Waals surface area contributed by atoms with Gasteiger partial charge in [0.25, 0.3) is 0 Å². The second-order valence-electron chi connectivity index (χ2n) is 3.48. The number of aliphatic carboxylic acids is 2. The Hall–Kier alpha value is -2.71. The van der Waals surface area contributed by atoms with Crippen LogP contribution in [0.15, 0.2) is 55.1 Å². The van der Waals surface area contributed by atoms with Crippen molar-refractivity contribution in [3.8, 4) is 0 Å². The molecule has 0 spiro atoms. The highest BCUT2D eigenvalue weighted by molar-refractivity contribution is 5.83. The predicted octanol–water partition coefficient (Wildman–Crippen LogP) is -0.0263. The molecule has 0 fully saturated rings.